The maximum absolute atomic E-state index is 4.72. The third-order valence-electron chi connectivity index (χ3n) is 3.62. The lowest BCUT2D eigenvalue weighted by Crippen LogP contribution is -1.93. The van der Waals surface area contributed by atoms with Crippen molar-refractivity contribution in [2.24, 2.45) is 0 Å². The van der Waals surface area contributed by atoms with E-state index in [2.05, 4.69) is 27.5 Å². The number of aromatic nitrogens is 3. The van der Waals surface area contributed by atoms with Gasteiger partial charge in [0, 0.05) is 18.0 Å². The van der Waals surface area contributed by atoms with E-state index in [-0.39, 0.29) is 0 Å². The molecule has 1 aliphatic rings. The van der Waals surface area contributed by atoms with Gasteiger partial charge in [-0.05, 0) is 48.6 Å². The molecule has 3 aromatic heterocycles. The summed E-state index contributed by atoms with van der Waals surface area (Å²) in [7, 11) is 0. The number of allylic oxidation sites excluding steroid dienone is 3. The van der Waals surface area contributed by atoms with E-state index in [0.29, 0.717) is 0 Å². The molecule has 0 saturated heterocycles. The Hall–Kier alpha value is -3.73. The second-order valence-corrected chi connectivity index (χ2v) is 5.39. The fourth-order valence-corrected chi connectivity index (χ4v) is 2.44. The van der Waals surface area contributed by atoms with Gasteiger partial charge < -0.3 is 0 Å². The minimum atomic E-state index is 0.777. The Kier molecular flexibility index (Phi) is 4.04. The number of rotatable bonds is 2. The Morgan fingerprint density at radius 3 is 1.96 bits per heavy atom. The van der Waals surface area contributed by atoms with Crippen LogP contribution in [0.25, 0.3) is 22.8 Å². The molecular weight excluding hydrogens is 306 g/mol. The largest absolute Gasteiger partial charge is 0.255 e. The molecule has 0 radical (unpaired) electrons. The van der Waals surface area contributed by atoms with Gasteiger partial charge >= 0.3 is 0 Å². The SMILES string of the molecule is C1=CC=CC=1C#Cc1cc(-c2ccccn2)nc(-c2ccccn2)c1. The summed E-state index contributed by atoms with van der Waals surface area (Å²) in [5.41, 5.74) is 8.00. The third-order valence-corrected chi connectivity index (χ3v) is 3.62. The molecule has 3 heterocycles. The van der Waals surface area contributed by atoms with E-state index in [9.17, 15) is 0 Å². The molecule has 0 amide bonds. The molecule has 0 aromatic carbocycles. The van der Waals surface area contributed by atoms with Crippen molar-refractivity contribution in [2.45, 2.75) is 0 Å². The van der Waals surface area contributed by atoms with Gasteiger partial charge in [0.2, 0.25) is 0 Å². The van der Waals surface area contributed by atoms with E-state index in [1.54, 1.807) is 12.4 Å². The van der Waals surface area contributed by atoms with Crippen molar-refractivity contribution in [3.8, 4) is 34.6 Å². The molecule has 3 aromatic rings. The number of hydrogen-bond acceptors (Lipinski definition) is 3. The number of pyridine rings is 3. The fraction of sp³-hybridized carbons (Fsp3) is 0. The molecule has 0 fully saturated rings. The van der Waals surface area contributed by atoms with Gasteiger partial charge in [-0.1, -0.05) is 30.0 Å². The summed E-state index contributed by atoms with van der Waals surface area (Å²) >= 11 is 0. The summed E-state index contributed by atoms with van der Waals surface area (Å²) < 4.78 is 0. The maximum Gasteiger partial charge on any atom is 0.0906 e. The lowest BCUT2D eigenvalue weighted by molar-refractivity contribution is 1.21. The lowest BCUT2D eigenvalue weighted by atomic mass is 10.1. The van der Waals surface area contributed by atoms with Crippen molar-refractivity contribution in [3.05, 3.63) is 96.0 Å². The average Bonchev–Trinajstić information content (AvgIpc) is 3.21. The molecular formula is C22H13N3. The van der Waals surface area contributed by atoms with Crippen LogP contribution in [0, 0.1) is 11.8 Å². The summed E-state index contributed by atoms with van der Waals surface area (Å²) in [5, 5.41) is 0. The summed E-state index contributed by atoms with van der Waals surface area (Å²) in [4.78, 5) is 13.5. The quantitative estimate of drug-likeness (QED) is 0.525. The Labute approximate surface area is 146 Å². The van der Waals surface area contributed by atoms with Crippen LogP contribution in [-0.4, -0.2) is 15.0 Å². The molecule has 0 spiro atoms. The molecule has 0 saturated carbocycles. The summed E-state index contributed by atoms with van der Waals surface area (Å²) in [6, 6.07) is 15.4. The Balaban J connectivity index is 1.83. The van der Waals surface area contributed by atoms with Gasteiger partial charge in [-0.25, -0.2) is 4.98 Å². The van der Waals surface area contributed by atoms with E-state index in [1.807, 2.05) is 66.8 Å². The second kappa shape index (κ2) is 6.80. The molecule has 1 aliphatic carbocycles. The molecule has 116 valence electrons. The first-order valence-electron chi connectivity index (χ1n) is 7.89. The molecule has 0 unspecified atom stereocenters. The first kappa shape index (κ1) is 14.8. The fourth-order valence-electron chi connectivity index (χ4n) is 2.44. The van der Waals surface area contributed by atoms with Gasteiger partial charge in [-0.15, -0.1) is 5.73 Å². The molecule has 4 rings (SSSR count). The minimum Gasteiger partial charge on any atom is -0.255 e. The first-order valence-corrected chi connectivity index (χ1v) is 7.89. The summed E-state index contributed by atoms with van der Waals surface area (Å²) in [5.74, 6) is 6.31. The highest BCUT2D eigenvalue weighted by molar-refractivity contribution is 5.65. The highest BCUT2D eigenvalue weighted by Crippen LogP contribution is 2.22. The van der Waals surface area contributed by atoms with Crippen molar-refractivity contribution in [1.82, 2.24) is 15.0 Å². The average molecular weight is 319 g/mol. The zero-order valence-corrected chi connectivity index (χ0v) is 13.3. The normalized spacial score (nSPS) is 11.8. The molecule has 3 nitrogen and oxygen atoms in total. The summed E-state index contributed by atoms with van der Waals surface area (Å²) in [6.07, 6.45) is 9.24. The van der Waals surface area contributed by atoms with Crippen LogP contribution in [0.15, 0.2) is 90.5 Å². The number of hydrogen-bond donors (Lipinski definition) is 0. The lowest BCUT2D eigenvalue weighted by Gasteiger charge is -2.05. The van der Waals surface area contributed by atoms with Gasteiger partial charge in [-0.2, -0.15) is 0 Å². The van der Waals surface area contributed by atoms with E-state index in [0.717, 1.165) is 33.9 Å². The van der Waals surface area contributed by atoms with Gasteiger partial charge in [-0.3, -0.25) is 9.97 Å². The van der Waals surface area contributed by atoms with E-state index in [1.165, 1.54) is 0 Å². The van der Waals surface area contributed by atoms with Crippen molar-refractivity contribution >= 4 is 0 Å². The van der Waals surface area contributed by atoms with Crippen LogP contribution in [0.3, 0.4) is 0 Å². The smallest absolute Gasteiger partial charge is 0.0906 e. The van der Waals surface area contributed by atoms with E-state index < -0.39 is 0 Å². The van der Waals surface area contributed by atoms with E-state index in [4.69, 9.17) is 4.98 Å². The van der Waals surface area contributed by atoms with Crippen LogP contribution in [0.2, 0.25) is 0 Å². The molecule has 25 heavy (non-hydrogen) atoms. The third kappa shape index (κ3) is 3.45. The molecule has 0 atom stereocenters. The predicted octanol–water partition coefficient (Wildman–Crippen LogP) is 4.21. The number of nitrogens with zero attached hydrogens (tertiary/aromatic N) is 3. The van der Waals surface area contributed by atoms with Crippen LogP contribution in [0.5, 0.6) is 0 Å². The van der Waals surface area contributed by atoms with E-state index >= 15 is 0 Å². The van der Waals surface area contributed by atoms with Crippen LogP contribution in [0.4, 0.5) is 0 Å². The minimum absolute atomic E-state index is 0.777. The zero-order chi connectivity index (χ0) is 16.9. The Morgan fingerprint density at radius 2 is 1.44 bits per heavy atom. The Bertz CT molecular complexity index is 1000. The van der Waals surface area contributed by atoms with Gasteiger partial charge in [0.05, 0.1) is 28.3 Å². The topological polar surface area (TPSA) is 38.7 Å². The maximum atomic E-state index is 4.72. The highest BCUT2D eigenvalue weighted by atomic mass is 14.8. The zero-order valence-electron chi connectivity index (χ0n) is 13.3. The van der Waals surface area contributed by atoms with Crippen molar-refractivity contribution < 1.29 is 0 Å². The standard InChI is InChI=1S/C22H13N3/c1-2-8-17(7-1)11-12-18-15-21(19-9-3-5-13-23-19)25-22(16-18)20-10-4-6-14-24-20/h1-7,9-10,13-16H. The van der Waals surface area contributed by atoms with Crippen LogP contribution in [0.1, 0.15) is 5.56 Å². The molecule has 0 aliphatic heterocycles. The van der Waals surface area contributed by atoms with Crippen LogP contribution >= 0.6 is 0 Å². The van der Waals surface area contributed by atoms with Gasteiger partial charge in [0.25, 0.3) is 0 Å². The first-order chi connectivity index (χ1) is 12.4. The van der Waals surface area contributed by atoms with Gasteiger partial charge in [0.15, 0.2) is 0 Å². The van der Waals surface area contributed by atoms with Crippen LogP contribution in [-0.2, 0) is 0 Å². The highest BCUT2D eigenvalue weighted by Gasteiger charge is 2.07. The second-order valence-electron chi connectivity index (χ2n) is 5.39. The van der Waals surface area contributed by atoms with Gasteiger partial charge in [0.1, 0.15) is 0 Å². The summed E-state index contributed by atoms with van der Waals surface area (Å²) in [6.45, 7) is 0. The molecule has 0 N–H and O–H groups in total. The monoisotopic (exact) mass is 319 g/mol. The van der Waals surface area contributed by atoms with Crippen molar-refractivity contribution in [1.29, 1.82) is 0 Å². The molecule has 3 heteroatoms. The van der Waals surface area contributed by atoms with Crippen LogP contribution < -0.4 is 0 Å². The Morgan fingerprint density at radius 1 is 0.760 bits per heavy atom. The van der Waals surface area contributed by atoms with Crippen molar-refractivity contribution in [3.63, 3.8) is 0 Å². The predicted molar refractivity (Wildman–Crippen MR) is 98.3 cm³/mol. The molecule has 0 bridgehead atoms. The van der Waals surface area contributed by atoms with Crippen molar-refractivity contribution in [2.75, 3.05) is 0 Å².